The van der Waals surface area contributed by atoms with Crippen molar-refractivity contribution < 1.29 is 4.79 Å². The van der Waals surface area contributed by atoms with Crippen LogP contribution in [0.25, 0.3) is 0 Å². The van der Waals surface area contributed by atoms with Crippen LogP contribution in [0.1, 0.15) is 73.1 Å². The molecule has 3 heteroatoms. The number of carbonyl (C=O) groups excluding carboxylic acids is 1. The SMILES string of the molecule is CC1C2Cc3ccc(C(=O)N[C@H](C)c4ccccc4)cc3C1(C)CCN2CC1CC1. The molecule has 30 heavy (non-hydrogen) atoms. The van der Waals surface area contributed by atoms with Gasteiger partial charge in [0.1, 0.15) is 0 Å². The van der Waals surface area contributed by atoms with Crippen LogP contribution in [-0.4, -0.2) is 29.9 Å². The molecule has 0 spiro atoms. The first kappa shape index (κ1) is 19.8. The van der Waals surface area contributed by atoms with Gasteiger partial charge in [0, 0.05) is 18.2 Å². The van der Waals surface area contributed by atoms with Crippen LogP contribution in [0.3, 0.4) is 0 Å². The lowest BCUT2D eigenvalue weighted by Crippen LogP contribution is -2.58. The van der Waals surface area contributed by atoms with E-state index in [9.17, 15) is 4.79 Å². The highest BCUT2D eigenvalue weighted by molar-refractivity contribution is 5.94. The second-order valence-electron chi connectivity index (χ2n) is 10.1. The zero-order valence-electron chi connectivity index (χ0n) is 18.5. The van der Waals surface area contributed by atoms with E-state index in [2.05, 4.69) is 55.3 Å². The lowest BCUT2D eigenvalue weighted by Gasteiger charge is -2.55. The van der Waals surface area contributed by atoms with Crippen LogP contribution in [0.5, 0.6) is 0 Å². The van der Waals surface area contributed by atoms with E-state index >= 15 is 0 Å². The van der Waals surface area contributed by atoms with Gasteiger partial charge in [0.25, 0.3) is 5.91 Å². The highest BCUT2D eigenvalue weighted by Crippen LogP contribution is 2.49. The molecule has 5 rings (SSSR count). The van der Waals surface area contributed by atoms with Gasteiger partial charge in [0.05, 0.1) is 6.04 Å². The number of piperidine rings is 1. The number of hydrogen-bond donors (Lipinski definition) is 1. The second kappa shape index (κ2) is 7.53. The van der Waals surface area contributed by atoms with Crippen LogP contribution in [0.2, 0.25) is 0 Å². The zero-order chi connectivity index (χ0) is 20.9. The van der Waals surface area contributed by atoms with Crippen molar-refractivity contribution in [2.24, 2.45) is 11.8 Å². The molecule has 3 aliphatic rings. The summed E-state index contributed by atoms with van der Waals surface area (Å²) < 4.78 is 0. The number of likely N-dealkylation sites (tertiary alicyclic amines) is 1. The maximum atomic E-state index is 13.0. The molecule has 2 bridgehead atoms. The van der Waals surface area contributed by atoms with Crippen molar-refractivity contribution in [3.05, 3.63) is 70.8 Å². The minimum Gasteiger partial charge on any atom is -0.346 e. The number of amides is 1. The Balaban J connectivity index is 1.38. The maximum absolute atomic E-state index is 13.0. The Labute approximate surface area is 180 Å². The van der Waals surface area contributed by atoms with Crippen molar-refractivity contribution in [3.63, 3.8) is 0 Å². The van der Waals surface area contributed by atoms with Gasteiger partial charge in [-0.05, 0) is 85.2 Å². The minimum atomic E-state index is -0.000661. The van der Waals surface area contributed by atoms with Gasteiger partial charge in [0.15, 0.2) is 0 Å². The van der Waals surface area contributed by atoms with Crippen molar-refractivity contribution in [3.8, 4) is 0 Å². The molecule has 1 saturated carbocycles. The predicted octanol–water partition coefficient (Wildman–Crippen LogP) is 5.11. The first-order valence-electron chi connectivity index (χ1n) is 11.7. The first-order valence-corrected chi connectivity index (χ1v) is 11.7. The summed E-state index contributed by atoms with van der Waals surface area (Å²) in [7, 11) is 0. The van der Waals surface area contributed by atoms with Gasteiger partial charge in [-0.15, -0.1) is 0 Å². The highest BCUT2D eigenvalue weighted by atomic mass is 16.1. The van der Waals surface area contributed by atoms with Crippen LogP contribution >= 0.6 is 0 Å². The Hall–Kier alpha value is -2.13. The highest BCUT2D eigenvalue weighted by Gasteiger charge is 2.49. The smallest absolute Gasteiger partial charge is 0.251 e. The average molecular weight is 403 g/mol. The summed E-state index contributed by atoms with van der Waals surface area (Å²) in [6.07, 6.45) is 5.16. The van der Waals surface area contributed by atoms with Crippen molar-refractivity contribution in [1.29, 1.82) is 0 Å². The molecule has 2 aromatic rings. The van der Waals surface area contributed by atoms with Gasteiger partial charge >= 0.3 is 0 Å². The van der Waals surface area contributed by atoms with Crippen LogP contribution in [0.15, 0.2) is 48.5 Å². The molecule has 158 valence electrons. The molecule has 0 aromatic heterocycles. The molecule has 2 aliphatic carbocycles. The summed E-state index contributed by atoms with van der Waals surface area (Å²) >= 11 is 0. The Kier molecular flexibility index (Phi) is 4.97. The molecule has 1 N–H and O–H groups in total. The summed E-state index contributed by atoms with van der Waals surface area (Å²) in [5.74, 6) is 1.60. The van der Waals surface area contributed by atoms with Crippen molar-refractivity contribution >= 4 is 5.91 Å². The van der Waals surface area contributed by atoms with Crippen LogP contribution in [-0.2, 0) is 11.8 Å². The Morgan fingerprint density at radius 2 is 1.97 bits per heavy atom. The number of nitrogens with one attached hydrogen (secondary N) is 1. The Bertz CT molecular complexity index is 935. The van der Waals surface area contributed by atoms with E-state index in [0.29, 0.717) is 12.0 Å². The predicted molar refractivity (Wildman–Crippen MR) is 122 cm³/mol. The molecule has 1 saturated heterocycles. The standard InChI is InChI=1S/C27H34N2O/c1-18-25-16-22-11-12-23(26(30)28-19(2)21-7-5-4-6-8-21)15-24(22)27(18,3)13-14-29(25)17-20-9-10-20/h4-8,11-12,15,18-20,25H,9-10,13-14,16-17H2,1-3H3,(H,28,30)/t18?,19-,25?,27?/m1/s1. The maximum Gasteiger partial charge on any atom is 0.251 e. The number of hydrogen-bond acceptors (Lipinski definition) is 2. The number of fused-ring (bicyclic) bond motifs is 4. The second-order valence-corrected chi connectivity index (χ2v) is 10.1. The lowest BCUT2D eigenvalue weighted by atomic mass is 9.59. The molecule has 4 atom stereocenters. The molecule has 3 nitrogen and oxygen atoms in total. The van der Waals surface area contributed by atoms with Gasteiger partial charge in [-0.25, -0.2) is 0 Å². The van der Waals surface area contributed by atoms with E-state index in [4.69, 9.17) is 0 Å². The van der Waals surface area contributed by atoms with Crippen LogP contribution in [0.4, 0.5) is 0 Å². The van der Waals surface area contributed by atoms with Gasteiger partial charge in [-0.3, -0.25) is 9.69 Å². The fourth-order valence-electron chi connectivity index (χ4n) is 5.81. The molecular formula is C27H34N2O. The number of rotatable bonds is 5. The monoisotopic (exact) mass is 402 g/mol. The fourth-order valence-corrected chi connectivity index (χ4v) is 5.81. The van der Waals surface area contributed by atoms with Crippen LogP contribution in [0, 0.1) is 11.8 Å². The molecule has 2 aromatic carbocycles. The third-order valence-corrected chi connectivity index (χ3v) is 8.22. The fraction of sp³-hybridized carbons (Fsp3) is 0.519. The normalized spacial score (nSPS) is 29.2. The quantitative estimate of drug-likeness (QED) is 0.754. The van der Waals surface area contributed by atoms with E-state index in [-0.39, 0.29) is 17.4 Å². The summed E-state index contributed by atoms with van der Waals surface area (Å²) in [6, 6.07) is 17.3. The molecule has 3 unspecified atom stereocenters. The third-order valence-electron chi connectivity index (χ3n) is 8.22. The molecule has 1 aliphatic heterocycles. The van der Waals surface area contributed by atoms with Crippen molar-refractivity contribution in [2.75, 3.05) is 13.1 Å². The topological polar surface area (TPSA) is 32.3 Å². The van der Waals surface area contributed by atoms with E-state index < -0.39 is 0 Å². The lowest BCUT2D eigenvalue weighted by molar-refractivity contribution is 0.0284. The summed E-state index contributed by atoms with van der Waals surface area (Å²) in [5.41, 5.74) is 4.96. The van der Waals surface area contributed by atoms with E-state index in [1.165, 1.54) is 43.5 Å². The minimum absolute atomic E-state index is 0.000661. The van der Waals surface area contributed by atoms with E-state index in [1.54, 1.807) is 0 Å². The van der Waals surface area contributed by atoms with Crippen LogP contribution < -0.4 is 5.32 Å². The molecule has 1 heterocycles. The average Bonchev–Trinajstić information content (AvgIpc) is 3.57. The van der Waals surface area contributed by atoms with E-state index in [0.717, 1.165) is 23.5 Å². The van der Waals surface area contributed by atoms with Gasteiger partial charge in [0.2, 0.25) is 0 Å². The van der Waals surface area contributed by atoms with Gasteiger partial charge in [-0.1, -0.05) is 50.2 Å². The Morgan fingerprint density at radius 3 is 2.70 bits per heavy atom. The summed E-state index contributed by atoms with van der Waals surface area (Å²) in [6.45, 7) is 9.42. The zero-order valence-corrected chi connectivity index (χ0v) is 18.5. The molecule has 0 radical (unpaired) electrons. The van der Waals surface area contributed by atoms with E-state index in [1.807, 2.05) is 24.3 Å². The summed E-state index contributed by atoms with van der Waals surface area (Å²) in [4.78, 5) is 15.8. The number of benzene rings is 2. The van der Waals surface area contributed by atoms with Gasteiger partial charge < -0.3 is 5.32 Å². The van der Waals surface area contributed by atoms with Crippen molar-refractivity contribution in [1.82, 2.24) is 10.2 Å². The Morgan fingerprint density at radius 1 is 1.20 bits per heavy atom. The molecular weight excluding hydrogens is 368 g/mol. The molecule has 2 fully saturated rings. The molecule has 1 amide bonds. The third kappa shape index (κ3) is 3.47. The first-order chi connectivity index (χ1) is 14.5. The largest absolute Gasteiger partial charge is 0.346 e. The number of nitrogens with zero attached hydrogens (tertiary/aromatic N) is 1. The van der Waals surface area contributed by atoms with Crippen molar-refractivity contribution in [2.45, 2.75) is 64.0 Å². The summed E-state index contributed by atoms with van der Waals surface area (Å²) in [5, 5.41) is 3.19. The number of carbonyl (C=O) groups is 1. The van der Waals surface area contributed by atoms with Gasteiger partial charge in [-0.2, -0.15) is 0 Å².